The molecule has 0 atom stereocenters. The van der Waals surface area contributed by atoms with Crippen molar-refractivity contribution in [2.75, 3.05) is 32.1 Å². The van der Waals surface area contributed by atoms with Crippen LogP contribution in [0.4, 0.5) is 24.8 Å². The van der Waals surface area contributed by atoms with Crippen molar-refractivity contribution in [1.29, 1.82) is 0 Å². The van der Waals surface area contributed by atoms with Gasteiger partial charge in [-0.05, 0) is 92.1 Å². The number of benzene rings is 2. The molecule has 0 bridgehead atoms. The number of halogens is 3. The lowest BCUT2D eigenvalue weighted by atomic mass is 9.89. The molecule has 4 aromatic rings. The number of carbonyl (C=O) groups excluding carboxylic acids is 1. The van der Waals surface area contributed by atoms with Crippen molar-refractivity contribution in [2.24, 2.45) is 0 Å². The molecule has 2 N–H and O–H groups in total. The Morgan fingerprint density at radius 2 is 1.81 bits per heavy atom. The minimum absolute atomic E-state index is 0.0982. The molecule has 1 aliphatic heterocycles. The molecule has 6 rings (SSSR count). The molecule has 0 saturated carbocycles. The lowest BCUT2D eigenvalue weighted by Gasteiger charge is -2.32. The Bertz CT molecular complexity index is 1710. The maximum absolute atomic E-state index is 13.3. The number of likely N-dealkylation sites (tertiary alicyclic amines) is 1. The molecule has 12 heteroatoms. The van der Waals surface area contributed by atoms with E-state index in [4.69, 9.17) is 4.84 Å². The van der Waals surface area contributed by atoms with Gasteiger partial charge in [-0.3, -0.25) is 19.3 Å². The molecule has 1 aliphatic carbocycles. The van der Waals surface area contributed by atoms with Crippen LogP contribution >= 0.6 is 0 Å². The summed E-state index contributed by atoms with van der Waals surface area (Å²) in [6, 6.07) is 13.8. The number of anilines is 2. The zero-order chi connectivity index (χ0) is 30.1. The van der Waals surface area contributed by atoms with Crippen LogP contribution in [0.1, 0.15) is 52.2 Å². The van der Waals surface area contributed by atoms with Crippen molar-refractivity contribution in [3.05, 3.63) is 87.3 Å². The summed E-state index contributed by atoms with van der Waals surface area (Å²) >= 11 is 0. The Balaban J connectivity index is 1.27. The Labute approximate surface area is 245 Å². The second-order valence-corrected chi connectivity index (χ2v) is 11.0. The summed E-state index contributed by atoms with van der Waals surface area (Å²) in [6.07, 6.45) is 3.10. The van der Waals surface area contributed by atoms with Gasteiger partial charge in [0.15, 0.2) is 5.65 Å². The Kier molecular flexibility index (Phi) is 7.89. The summed E-state index contributed by atoms with van der Waals surface area (Å²) in [5.41, 5.74) is 7.03. The topological polar surface area (TPSA) is 101 Å². The second-order valence-electron chi connectivity index (χ2n) is 11.0. The van der Waals surface area contributed by atoms with Crippen molar-refractivity contribution in [3.63, 3.8) is 0 Å². The molecule has 2 aromatic heterocycles. The smallest absolute Gasteiger partial charge is 0.324 e. The number of carbonyl (C=O) groups is 1. The number of piperidine rings is 1. The summed E-state index contributed by atoms with van der Waals surface area (Å²) in [5.74, 6) is -0.205. The fourth-order valence-corrected chi connectivity index (χ4v) is 6.03. The Morgan fingerprint density at radius 3 is 2.53 bits per heavy atom. The minimum atomic E-state index is -4.18. The van der Waals surface area contributed by atoms with Crippen LogP contribution in [0.2, 0.25) is 0 Å². The van der Waals surface area contributed by atoms with Gasteiger partial charge in [-0.15, -0.1) is 0 Å². The highest BCUT2D eigenvalue weighted by atomic mass is 19.4. The number of pyridine rings is 1. The van der Waals surface area contributed by atoms with E-state index in [1.807, 2.05) is 30.3 Å². The van der Waals surface area contributed by atoms with Crippen LogP contribution in [0.25, 0.3) is 16.7 Å². The molecule has 0 spiro atoms. The Hall–Kier alpha value is -4.29. The highest BCUT2D eigenvalue weighted by Gasteiger charge is 2.32. The van der Waals surface area contributed by atoms with E-state index >= 15 is 0 Å². The predicted molar refractivity (Wildman–Crippen MR) is 156 cm³/mol. The van der Waals surface area contributed by atoms with Crippen molar-refractivity contribution in [1.82, 2.24) is 24.9 Å². The number of nitrogens with zero attached hydrogens (tertiary/aromatic N) is 4. The predicted octanol–water partition coefficient (Wildman–Crippen LogP) is 5.05. The van der Waals surface area contributed by atoms with Crippen LogP contribution in [0.15, 0.2) is 59.7 Å². The number of alkyl halides is 3. The van der Waals surface area contributed by atoms with Crippen LogP contribution in [-0.4, -0.2) is 58.3 Å². The third kappa shape index (κ3) is 6.25. The van der Waals surface area contributed by atoms with Crippen LogP contribution in [0, 0.1) is 0 Å². The first-order chi connectivity index (χ1) is 20.7. The van der Waals surface area contributed by atoms with E-state index in [2.05, 4.69) is 32.9 Å². The number of fused-ring (bicyclic) bond motifs is 2. The molecule has 3 heterocycles. The fraction of sp³-hybridized carbons (Fsp3) is 0.355. The van der Waals surface area contributed by atoms with Gasteiger partial charge in [-0.2, -0.15) is 18.2 Å². The van der Waals surface area contributed by atoms with E-state index in [-0.39, 0.29) is 22.8 Å². The first-order valence-corrected chi connectivity index (χ1v) is 14.2. The normalized spacial score (nSPS) is 15.9. The average Bonchev–Trinajstić information content (AvgIpc) is 3.46. The molecule has 224 valence electrons. The van der Waals surface area contributed by atoms with Gasteiger partial charge in [0, 0.05) is 23.8 Å². The van der Waals surface area contributed by atoms with E-state index in [9.17, 15) is 22.8 Å². The van der Waals surface area contributed by atoms with E-state index in [1.54, 1.807) is 4.57 Å². The molecule has 1 fully saturated rings. The number of hydroxylamine groups is 1. The third-order valence-corrected chi connectivity index (χ3v) is 8.17. The summed E-state index contributed by atoms with van der Waals surface area (Å²) in [6.45, 7) is -0.0396. The summed E-state index contributed by atoms with van der Waals surface area (Å²) < 4.78 is 39.9. The largest absolute Gasteiger partial charge is 0.401 e. The summed E-state index contributed by atoms with van der Waals surface area (Å²) in [5, 5.41) is 3.37. The van der Waals surface area contributed by atoms with Gasteiger partial charge in [-0.1, -0.05) is 18.2 Å². The molecule has 0 unspecified atom stereocenters. The first-order valence-electron chi connectivity index (χ1n) is 14.2. The Morgan fingerprint density at radius 1 is 1.07 bits per heavy atom. The molecular weight excluding hydrogens is 561 g/mol. The molecule has 43 heavy (non-hydrogen) atoms. The van der Waals surface area contributed by atoms with E-state index < -0.39 is 24.1 Å². The fourth-order valence-electron chi connectivity index (χ4n) is 6.03. The number of aromatic nitrogens is 3. The van der Waals surface area contributed by atoms with Gasteiger partial charge in [0.1, 0.15) is 5.56 Å². The molecule has 1 saturated heterocycles. The van der Waals surface area contributed by atoms with Crippen LogP contribution < -0.4 is 16.2 Å². The van der Waals surface area contributed by atoms with Gasteiger partial charge in [-0.25, -0.2) is 10.5 Å². The van der Waals surface area contributed by atoms with Crippen LogP contribution in [0.5, 0.6) is 0 Å². The number of nitrogens with one attached hydrogen (secondary N) is 2. The minimum Gasteiger partial charge on any atom is -0.324 e. The molecule has 9 nitrogen and oxygen atoms in total. The van der Waals surface area contributed by atoms with Crippen LogP contribution in [-0.2, 0) is 17.7 Å². The van der Waals surface area contributed by atoms with Crippen molar-refractivity contribution in [3.8, 4) is 5.69 Å². The first kappa shape index (κ1) is 28.8. The van der Waals surface area contributed by atoms with E-state index in [0.29, 0.717) is 31.6 Å². The van der Waals surface area contributed by atoms with Crippen molar-refractivity contribution >= 4 is 28.6 Å². The maximum atomic E-state index is 13.3. The number of hydrogen-bond acceptors (Lipinski definition) is 7. The SMILES string of the molecule is CONC(=O)c1cn(-c2ccc3c(c2)CCC3)c2nc(Nc3ccc(C4CCN(CC(F)(F)F)CC4)cc3)ncc2c1=O. The standard InChI is InChI=1S/C31H31F3N6O3/c1-43-38-29(42)26-17-40(24-10-7-19-3-2-4-22(19)15-24)28-25(27(26)41)16-35-30(37-28)36-23-8-5-20(6-9-23)21-11-13-39(14-12-21)18-31(32,33)34/h5-10,15-17,21H,2-4,11-14,18H2,1H3,(H,38,42)(H,35,36,37). The lowest BCUT2D eigenvalue weighted by Crippen LogP contribution is -2.39. The second kappa shape index (κ2) is 11.8. The van der Waals surface area contributed by atoms with Gasteiger partial charge >= 0.3 is 6.18 Å². The number of amides is 1. The van der Waals surface area contributed by atoms with E-state index in [0.717, 1.165) is 36.2 Å². The monoisotopic (exact) mass is 592 g/mol. The quantitative estimate of drug-likeness (QED) is 0.290. The van der Waals surface area contributed by atoms with E-state index in [1.165, 1.54) is 35.5 Å². The van der Waals surface area contributed by atoms with Crippen LogP contribution in [0.3, 0.4) is 0 Å². The van der Waals surface area contributed by atoms with Gasteiger partial charge in [0.05, 0.1) is 19.0 Å². The average molecular weight is 593 g/mol. The maximum Gasteiger partial charge on any atom is 0.401 e. The summed E-state index contributed by atoms with van der Waals surface area (Å²) in [7, 11) is 1.30. The number of rotatable bonds is 7. The van der Waals surface area contributed by atoms with Gasteiger partial charge in [0.25, 0.3) is 5.91 Å². The number of aryl methyl sites for hydroxylation is 2. The molecule has 2 aliphatic rings. The molecular formula is C31H31F3N6O3. The molecule has 0 radical (unpaired) electrons. The summed E-state index contributed by atoms with van der Waals surface area (Å²) in [4.78, 5) is 41.2. The highest BCUT2D eigenvalue weighted by molar-refractivity contribution is 5.96. The lowest BCUT2D eigenvalue weighted by molar-refractivity contribution is -0.147. The third-order valence-electron chi connectivity index (χ3n) is 8.17. The van der Waals surface area contributed by atoms with Crippen molar-refractivity contribution in [2.45, 2.75) is 44.2 Å². The zero-order valence-corrected chi connectivity index (χ0v) is 23.6. The zero-order valence-electron chi connectivity index (χ0n) is 23.6. The molecule has 1 amide bonds. The van der Waals surface area contributed by atoms with Crippen molar-refractivity contribution < 1.29 is 22.8 Å². The number of hydrogen-bond donors (Lipinski definition) is 2. The molecule has 2 aromatic carbocycles. The van der Waals surface area contributed by atoms with Gasteiger partial charge in [0.2, 0.25) is 11.4 Å². The highest BCUT2D eigenvalue weighted by Crippen LogP contribution is 2.31. The van der Waals surface area contributed by atoms with Gasteiger partial charge < -0.3 is 9.88 Å².